The average molecular weight is 287 g/mol. The molecule has 1 aliphatic heterocycles. The van der Waals surface area contributed by atoms with Crippen molar-refractivity contribution in [1.82, 2.24) is 4.90 Å². The Morgan fingerprint density at radius 2 is 1.68 bits per heavy atom. The lowest BCUT2D eigenvalue weighted by Gasteiger charge is -2.29. The lowest BCUT2D eigenvalue weighted by Crippen LogP contribution is -2.39. The maximum atomic E-state index is 10.6. The highest BCUT2D eigenvalue weighted by Gasteiger charge is 2.38. The van der Waals surface area contributed by atoms with Crippen LogP contribution < -0.4 is 0 Å². The van der Waals surface area contributed by atoms with Gasteiger partial charge in [-0.1, -0.05) is 0 Å². The van der Waals surface area contributed by atoms with Crippen molar-refractivity contribution in [3.63, 3.8) is 0 Å². The van der Waals surface area contributed by atoms with E-state index in [0.29, 0.717) is 6.04 Å². The summed E-state index contributed by atoms with van der Waals surface area (Å²) in [6.07, 6.45) is -3.19. The monoisotopic (exact) mass is 287 g/mol. The number of rotatable bonds is 3. The summed E-state index contributed by atoms with van der Waals surface area (Å²) in [6.45, 7) is 1.65. The van der Waals surface area contributed by atoms with Crippen molar-refractivity contribution in [2.24, 2.45) is 0 Å². The minimum Gasteiger partial charge on any atom is -0.480 e. The van der Waals surface area contributed by atoms with Crippen LogP contribution >= 0.6 is 0 Å². The molecule has 1 saturated heterocycles. The molecule has 0 bridgehead atoms. The van der Waals surface area contributed by atoms with E-state index >= 15 is 0 Å². The maximum absolute atomic E-state index is 10.6. The fourth-order valence-corrected chi connectivity index (χ4v) is 1.47. The number of carbonyl (C=O) groups is 2. The summed E-state index contributed by atoms with van der Waals surface area (Å²) in [7, 11) is 1.85. The predicted octanol–water partition coefficient (Wildman–Crippen LogP) is 0.815. The first-order valence-corrected chi connectivity index (χ1v) is 5.44. The van der Waals surface area contributed by atoms with E-state index in [1.807, 2.05) is 11.9 Å². The molecule has 0 radical (unpaired) electrons. The lowest BCUT2D eigenvalue weighted by molar-refractivity contribution is -0.192. The highest BCUT2D eigenvalue weighted by molar-refractivity contribution is 5.73. The molecule has 0 aliphatic carbocycles. The van der Waals surface area contributed by atoms with Crippen molar-refractivity contribution in [3.8, 4) is 0 Å². The van der Waals surface area contributed by atoms with Crippen LogP contribution in [0.4, 0.5) is 13.2 Å². The van der Waals surface area contributed by atoms with E-state index in [2.05, 4.69) is 0 Å². The van der Waals surface area contributed by atoms with E-state index in [9.17, 15) is 18.0 Å². The molecule has 0 atom stereocenters. The van der Waals surface area contributed by atoms with Gasteiger partial charge in [0.05, 0.1) is 6.54 Å². The quantitative estimate of drug-likeness (QED) is 0.799. The third-order valence-corrected chi connectivity index (χ3v) is 2.44. The Balaban J connectivity index is 0.000000399. The van der Waals surface area contributed by atoms with Gasteiger partial charge in [0.1, 0.15) is 0 Å². The number of ether oxygens (including phenoxy) is 1. The zero-order valence-electron chi connectivity index (χ0n) is 10.3. The van der Waals surface area contributed by atoms with Gasteiger partial charge >= 0.3 is 18.1 Å². The molecule has 0 unspecified atom stereocenters. The van der Waals surface area contributed by atoms with Crippen LogP contribution in [0.3, 0.4) is 0 Å². The van der Waals surface area contributed by atoms with Crippen LogP contribution in [0.25, 0.3) is 0 Å². The number of alkyl halides is 3. The Labute approximate surface area is 107 Å². The van der Waals surface area contributed by atoms with Crippen LogP contribution in [0.1, 0.15) is 12.8 Å². The molecule has 0 amide bonds. The van der Waals surface area contributed by atoms with Crippen LogP contribution in [0.2, 0.25) is 0 Å². The van der Waals surface area contributed by atoms with Gasteiger partial charge in [0, 0.05) is 19.3 Å². The second kappa shape index (κ2) is 7.95. The zero-order valence-corrected chi connectivity index (χ0v) is 10.3. The van der Waals surface area contributed by atoms with Crippen LogP contribution in [-0.4, -0.2) is 66.1 Å². The number of nitrogens with zero attached hydrogens (tertiary/aromatic N) is 1. The van der Waals surface area contributed by atoms with Crippen molar-refractivity contribution in [2.75, 3.05) is 26.8 Å². The fourth-order valence-electron chi connectivity index (χ4n) is 1.47. The minimum absolute atomic E-state index is 0.130. The molecule has 0 aromatic heterocycles. The van der Waals surface area contributed by atoms with E-state index in [-0.39, 0.29) is 6.54 Å². The highest BCUT2D eigenvalue weighted by Crippen LogP contribution is 2.13. The number of hydrogen-bond acceptors (Lipinski definition) is 4. The SMILES string of the molecule is CN(CC(=O)O)C1CCOCC1.O=C(O)C(F)(F)F. The van der Waals surface area contributed by atoms with Crippen molar-refractivity contribution < 1.29 is 37.7 Å². The summed E-state index contributed by atoms with van der Waals surface area (Å²) < 4.78 is 36.9. The molecule has 1 heterocycles. The first kappa shape index (κ1) is 17.6. The third kappa shape index (κ3) is 8.38. The number of hydrogen-bond donors (Lipinski definition) is 2. The van der Waals surface area contributed by atoms with Crippen molar-refractivity contribution >= 4 is 11.9 Å². The summed E-state index contributed by atoms with van der Waals surface area (Å²) in [5, 5.41) is 15.7. The van der Waals surface area contributed by atoms with Crippen molar-refractivity contribution in [2.45, 2.75) is 25.1 Å². The van der Waals surface area contributed by atoms with E-state index < -0.39 is 18.1 Å². The Kier molecular flexibility index (Phi) is 7.38. The van der Waals surface area contributed by atoms with E-state index in [1.54, 1.807) is 0 Å². The number of carboxylic acid groups (broad SMARTS) is 2. The summed E-state index contributed by atoms with van der Waals surface area (Å²) in [5.74, 6) is -3.52. The predicted molar refractivity (Wildman–Crippen MR) is 57.8 cm³/mol. The molecule has 1 aliphatic rings. The van der Waals surface area contributed by atoms with Crippen LogP contribution in [0.5, 0.6) is 0 Å². The summed E-state index contributed by atoms with van der Waals surface area (Å²) in [6, 6.07) is 0.384. The van der Waals surface area contributed by atoms with Gasteiger partial charge in [0.15, 0.2) is 0 Å². The molecule has 0 spiro atoms. The molecule has 0 aromatic rings. The first-order valence-electron chi connectivity index (χ1n) is 5.44. The molecular weight excluding hydrogens is 271 g/mol. The summed E-state index contributed by atoms with van der Waals surface area (Å²) in [4.78, 5) is 21.2. The average Bonchev–Trinajstić information content (AvgIpc) is 2.28. The van der Waals surface area contributed by atoms with Gasteiger partial charge in [-0.15, -0.1) is 0 Å². The molecule has 0 saturated carbocycles. The Bertz CT molecular complexity index is 302. The van der Waals surface area contributed by atoms with Crippen LogP contribution in [-0.2, 0) is 14.3 Å². The number of carboxylic acids is 2. The van der Waals surface area contributed by atoms with Crippen LogP contribution in [0, 0.1) is 0 Å². The van der Waals surface area contributed by atoms with E-state index in [0.717, 1.165) is 26.1 Å². The van der Waals surface area contributed by atoms with Gasteiger partial charge < -0.3 is 14.9 Å². The normalized spacial score (nSPS) is 16.7. The number of halogens is 3. The standard InChI is InChI=1S/C8H15NO3.C2HF3O2/c1-9(6-8(10)11)7-2-4-12-5-3-7;3-2(4,5)1(6)7/h7H,2-6H2,1H3,(H,10,11);(H,6,7). The molecule has 1 fully saturated rings. The number of likely N-dealkylation sites (N-methyl/N-ethyl adjacent to an activating group) is 1. The molecule has 1 rings (SSSR count). The topological polar surface area (TPSA) is 87.1 Å². The molecule has 6 nitrogen and oxygen atoms in total. The van der Waals surface area contributed by atoms with Gasteiger partial charge in [-0.05, 0) is 19.9 Å². The molecule has 0 aromatic carbocycles. The smallest absolute Gasteiger partial charge is 0.480 e. The molecular formula is C10H16F3NO5. The highest BCUT2D eigenvalue weighted by atomic mass is 19.4. The second-order valence-electron chi connectivity index (χ2n) is 3.96. The first-order chi connectivity index (χ1) is 8.64. The number of aliphatic carboxylic acids is 2. The van der Waals surface area contributed by atoms with Crippen molar-refractivity contribution in [3.05, 3.63) is 0 Å². The zero-order chi connectivity index (χ0) is 15.1. The maximum Gasteiger partial charge on any atom is 0.490 e. The Morgan fingerprint density at radius 1 is 1.26 bits per heavy atom. The van der Waals surface area contributed by atoms with E-state index in [1.165, 1.54) is 0 Å². The molecule has 9 heteroatoms. The van der Waals surface area contributed by atoms with Gasteiger partial charge in [0.2, 0.25) is 0 Å². The van der Waals surface area contributed by atoms with Gasteiger partial charge in [-0.25, -0.2) is 4.79 Å². The Morgan fingerprint density at radius 3 is 2.00 bits per heavy atom. The van der Waals surface area contributed by atoms with Crippen molar-refractivity contribution in [1.29, 1.82) is 0 Å². The minimum atomic E-state index is -5.08. The lowest BCUT2D eigenvalue weighted by atomic mass is 10.1. The molecule has 2 N–H and O–H groups in total. The fraction of sp³-hybridized carbons (Fsp3) is 0.800. The molecule has 19 heavy (non-hydrogen) atoms. The molecule has 112 valence electrons. The van der Waals surface area contributed by atoms with Gasteiger partial charge in [-0.2, -0.15) is 13.2 Å². The second-order valence-corrected chi connectivity index (χ2v) is 3.96. The largest absolute Gasteiger partial charge is 0.490 e. The van der Waals surface area contributed by atoms with E-state index in [4.69, 9.17) is 19.7 Å². The van der Waals surface area contributed by atoms with Gasteiger partial charge in [0.25, 0.3) is 0 Å². The Hall–Kier alpha value is -1.35. The summed E-state index contributed by atoms with van der Waals surface area (Å²) >= 11 is 0. The van der Waals surface area contributed by atoms with Crippen LogP contribution in [0.15, 0.2) is 0 Å². The third-order valence-electron chi connectivity index (χ3n) is 2.44. The van der Waals surface area contributed by atoms with Gasteiger partial charge in [-0.3, -0.25) is 9.69 Å². The summed E-state index contributed by atoms with van der Waals surface area (Å²) in [5.41, 5.74) is 0.